The SMILES string of the molecule is Cl.Cl.N[C@@H](CC(=O)N1CCn2ccnc2C1)Cc1ccc(F)c(F)c1. The molecule has 9 heteroatoms. The van der Waals surface area contributed by atoms with E-state index in [4.69, 9.17) is 5.73 Å². The molecule has 5 nitrogen and oxygen atoms in total. The minimum absolute atomic E-state index is 0. The lowest BCUT2D eigenvalue weighted by atomic mass is 10.0. The molecule has 138 valence electrons. The molecule has 25 heavy (non-hydrogen) atoms. The van der Waals surface area contributed by atoms with Crippen LogP contribution in [0.5, 0.6) is 0 Å². The van der Waals surface area contributed by atoms with Crippen molar-refractivity contribution in [3.63, 3.8) is 0 Å². The van der Waals surface area contributed by atoms with Crippen LogP contribution >= 0.6 is 24.8 Å². The molecule has 1 aliphatic rings. The number of imidazole rings is 1. The summed E-state index contributed by atoms with van der Waals surface area (Å²) >= 11 is 0. The third-order valence-electron chi connectivity index (χ3n) is 4.02. The Hall–Kier alpha value is -1.70. The zero-order valence-electron chi connectivity index (χ0n) is 13.4. The molecule has 0 fully saturated rings. The number of hydrogen-bond acceptors (Lipinski definition) is 3. The molecule has 0 bridgehead atoms. The van der Waals surface area contributed by atoms with Crippen molar-refractivity contribution in [2.75, 3.05) is 6.54 Å². The van der Waals surface area contributed by atoms with Crippen LogP contribution in [-0.4, -0.2) is 32.9 Å². The van der Waals surface area contributed by atoms with Gasteiger partial charge in [0.2, 0.25) is 5.91 Å². The molecule has 0 aliphatic carbocycles. The maximum Gasteiger partial charge on any atom is 0.224 e. The summed E-state index contributed by atoms with van der Waals surface area (Å²) in [7, 11) is 0. The predicted molar refractivity (Wildman–Crippen MR) is 94.8 cm³/mol. The minimum atomic E-state index is -0.899. The van der Waals surface area contributed by atoms with Gasteiger partial charge in [-0.05, 0) is 24.1 Å². The standard InChI is InChI=1S/C16H18F2N4O.2ClH/c17-13-2-1-11(8-14(13)18)7-12(19)9-16(23)22-6-5-21-4-3-20-15(21)10-22;;/h1-4,8,12H,5-7,9-10,19H2;2*1H/t12-;;/m1../s1. The maximum atomic E-state index is 13.2. The summed E-state index contributed by atoms with van der Waals surface area (Å²) in [4.78, 5) is 18.3. The summed E-state index contributed by atoms with van der Waals surface area (Å²) in [5, 5.41) is 0. The summed E-state index contributed by atoms with van der Waals surface area (Å²) in [6.45, 7) is 1.82. The quantitative estimate of drug-likeness (QED) is 0.867. The lowest BCUT2D eigenvalue weighted by molar-refractivity contribution is -0.133. The molecule has 0 unspecified atom stereocenters. The van der Waals surface area contributed by atoms with E-state index >= 15 is 0 Å². The minimum Gasteiger partial charge on any atom is -0.333 e. The van der Waals surface area contributed by atoms with E-state index in [0.717, 1.165) is 24.5 Å². The van der Waals surface area contributed by atoms with Gasteiger partial charge in [-0.3, -0.25) is 4.79 Å². The van der Waals surface area contributed by atoms with Crippen LogP contribution in [0.4, 0.5) is 8.78 Å². The first kappa shape index (κ1) is 21.3. The van der Waals surface area contributed by atoms with E-state index < -0.39 is 17.7 Å². The third kappa shape index (κ3) is 5.14. The highest BCUT2D eigenvalue weighted by Gasteiger charge is 2.22. The van der Waals surface area contributed by atoms with Crippen LogP contribution in [0.1, 0.15) is 17.8 Å². The van der Waals surface area contributed by atoms with E-state index in [1.165, 1.54) is 6.07 Å². The van der Waals surface area contributed by atoms with Crippen LogP contribution in [0.25, 0.3) is 0 Å². The average Bonchev–Trinajstić information content (AvgIpc) is 2.98. The van der Waals surface area contributed by atoms with E-state index in [9.17, 15) is 13.6 Å². The van der Waals surface area contributed by atoms with Crippen LogP contribution in [0, 0.1) is 11.6 Å². The highest BCUT2D eigenvalue weighted by atomic mass is 35.5. The number of hydrogen-bond donors (Lipinski definition) is 1. The Morgan fingerprint density at radius 2 is 2.00 bits per heavy atom. The van der Waals surface area contributed by atoms with Crippen LogP contribution in [-0.2, 0) is 24.3 Å². The van der Waals surface area contributed by atoms with Gasteiger partial charge in [-0.25, -0.2) is 13.8 Å². The molecule has 2 aromatic rings. The summed E-state index contributed by atoms with van der Waals surface area (Å²) in [6.07, 6.45) is 4.11. The second kappa shape index (κ2) is 9.12. The number of amides is 1. The van der Waals surface area contributed by atoms with Crippen molar-refractivity contribution < 1.29 is 13.6 Å². The largest absolute Gasteiger partial charge is 0.333 e. The lowest BCUT2D eigenvalue weighted by Crippen LogP contribution is -2.41. The summed E-state index contributed by atoms with van der Waals surface area (Å²) in [6, 6.07) is 3.25. The summed E-state index contributed by atoms with van der Waals surface area (Å²) < 4.78 is 28.1. The highest BCUT2D eigenvalue weighted by Crippen LogP contribution is 2.14. The molecular weight excluding hydrogens is 373 g/mol. The number of carbonyl (C=O) groups excluding carboxylic acids is 1. The number of benzene rings is 1. The zero-order chi connectivity index (χ0) is 16.4. The molecule has 0 saturated heterocycles. The number of halogens is 4. The fourth-order valence-electron chi connectivity index (χ4n) is 2.78. The Labute approximate surface area is 157 Å². The van der Waals surface area contributed by atoms with Crippen molar-refractivity contribution in [2.24, 2.45) is 5.73 Å². The summed E-state index contributed by atoms with van der Waals surface area (Å²) in [5.41, 5.74) is 6.57. The molecule has 1 aliphatic heterocycles. The van der Waals surface area contributed by atoms with Crippen molar-refractivity contribution in [1.29, 1.82) is 0 Å². The van der Waals surface area contributed by atoms with Gasteiger partial charge >= 0.3 is 0 Å². The van der Waals surface area contributed by atoms with Gasteiger partial charge in [0, 0.05) is 37.9 Å². The molecule has 0 spiro atoms. The van der Waals surface area contributed by atoms with Crippen molar-refractivity contribution in [3.05, 3.63) is 53.6 Å². The first-order chi connectivity index (χ1) is 11.0. The highest BCUT2D eigenvalue weighted by molar-refractivity contribution is 5.85. The lowest BCUT2D eigenvalue weighted by Gasteiger charge is -2.28. The molecule has 0 radical (unpaired) electrons. The van der Waals surface area contributed by atoms with Crippen LogP contribution in [0.15, 0.2) is 30.6 Å². The third-order valence-corrected chi connectivity index (χ3v) is 4.02. The van der Waals surface area contributed by atoms with E-state index in [1.807, 2.05) is 10.8 Å². The molecule has 2 heterocycles. The van der Waals surface area contributed by atoms with E-state index in [0.29, 0.717) is 25.1 Å². The fraction of sp³-hybridized carbons (Fsp3) is 0.375. The van der Waals surface area contributed by atoms with Crippen LogP contribution in [0.3, 0.4) is 0 Å². The molecule has 1 amide bonds. The normalized spacial score (nSPS) is 14.1. The molecule has 3 rings (SSSR count). The number of nitrogens with zero attached hydrogens (tertiary/aromatic N) is 3. The topological polar surface area (TPSA) is 64.2 Å². The van der Waals surface area contributed by atoms with Gasteiger partial charge in [0.05, 0.1) is 6.54 Å². The average molecular weight is 393 g/mol. The number of rotatable bonds is 4. The van der Waals surface area contributed by atoms with E-state index in [-0.39, 0.29) is 37.1 Å². The van der Waals surface area contributed by atoms with Crippen LogP contribution < -0.4 is 5.73 Å². The van der Waals surface area contributed by atoms with Crippen molar-refractivity contribution in [2.45, 2.75) is 32.0 Å². The first-order valence-corrected chi connectivity index (χ1v) is 7.50. The van der Waals surface area contributed by atoms with E-state index in [1.54, 1.807) is 11.1 Å². The van der Waals surface area contributed by atoms with Crippen molar-refractivity contribution in [1.82, 2.24) is 14.5 Å². The van der Waals surface area contributed by atoms with Gasteiger partial charge in [0.25, 0.3) is 0 Å². The Morgan fingerprint density at radius 1 is 1.24 bits per heavy atom. The van der Waals surface area contributed by atoms with Gasteiger partial charge in [-0.2, -0.15) is 0 Å². The Morgan fingerprint density at radius 3 is 2.72 bits per heavy atom. The Balaban J connectivity index is 0.00000156. The molecule has 0 saturated carbocycles. The van der Waals surface area contributed by atoms with Gasteiger partial charge in [-0.1, -0.05) is 6.07 Å². The Kier molecular flexibility index (Phi) is 7.79. The first-order valence-electron chi connectivity index (χ1n) is 7.50. The zero-order valence-corrected chi connectivity index (χ0v) is 15.0. The predicted octanol–water partition coefficient (Wildman–Crippen LogP) is 2.31. The fourth-order valence-corrected chi connectivity index (χ4v) is 2.78. The molecule has 1 aromatic carbocycles. The smallest absolute Gasteiger partial charge is 0.224 e. The molecule has 1 aromatic heterocycles. The van der Waals surface area contributed by atoms with Crippen LogP contribution in [0.2, 0.25) is 0 Å². The Bertz CT molecular complexity index is 726. The number of carbonyl (C=O) groups is 1. The number of nitrogens with two attached hydrogens (primary N) is 1. The van der Waals surface area contributed by atoms with Gasteiger partial charge in [0.1, 0.15) is 5.82 Å². The molecule has 1 atom stereocenters. The second-order valence-corrected chi connectivity index (χ2v) is 5.77. The second-order valence-electron chi connectivity index (χ2n) is 5.77. The van der Waals surface area contributed by atoms with Crippen molar-refractivity contribution in [3.8, 4) is 0 Å². The van der Waals surface area contributed by atoms with Gasteiger partial charge in [0.15, 0.2) is 11.6 Å². The van der Waals surface area contributed by atoms with Gasteiger partial charge in [-0.15, -0.1) is 24.8 Å². The van der Waals surface area contributed by atoms with E-state index in [2.05, 4.69) is 4.98 Å². The number of fused-ring (bicyclic) bond motifs is 1. The molecular formula is C16H20Cl2F2N4O. The van der Waals surface area contributed by atoms with Gasteiger partial charge < -0.3 is 15.2 Å². The monoisotopic (exact) mass is 392 g/mol. The summed E-state index contributed by atoms with van der Waals surface area (Å²) in [5.74, 6) is -0.973. The van der Waals surface area contributed by atoms with Crippen molar-refractivity contribution >= 4 is 30.7 Å². The maximum absolute atomic E-state index is 13.2. The molecule has 2 N–H and O–H groups in total. The number of aromatic nitrogens is 2.